The molecule has 0 aliphatic heterocycles. The van der Waals surface area contributed by atoms with E-state index < -0.39 is 0 Å². The number of aromatic nitrogens is 3. The zero-order valence-electron chi connectivity index (χ0n) is 14.3. The van der Waals surface area contributed by atoms with Crippen molar-refractivity contribution in [1.82, 2.24) is 14.8 Å². The number of nitrogens with one attached hydrogen (secondary N) is 1. The number of anilines is 1. The second kappa shape index (κ2) is 6.81. The van der Waals surface area contributed by atoms with Gasteiger partial charge in [0, 0.05) is 30.3 Å². The smallest absolute Gasteiger partial charge is 0.258 e. The van der Waals surface area contributed by atoms with Gasteiger partial charge >= 0.3 is 0 Å². The van der Waals surface area contributed by atoms with E-state index in [-0.39, 0.29) is 11.7 Å². The summed E-state index contributed by atoms with van der Waals surface area (Å²) in [6.07, 6.45) is 1.66. The molecule has 0 fully saturated rings. The van der Waals surface area contributed by atoms with Gasteiger partial charge in [0.1, 0.15) is 11.6 Å². The summed E-state index contributed by atoms with van der Waals surface area (Å²) in [6.45, 7) is 0. The fraction of sp³-hybridized carbons (Fsp3) is 0.0500. The number of halogens is 2. The number of hydrogen-bond acceptors (Lipinski definition) is 3. The Kier molecular flexibility index (Phi) is 4.33. The Labute approximate surface area is 159 Å². The van der Waals surface area contributed by atoms with Gasteiger partial charge in [-0.25, -0.2) is 4.39 Å². The number of nitrogens with zero attached hydrogens (tertiary/aromatic N) is 3. The lowest BCUT2D eigenvalue weighted by Gasteiger charge is -2.08. The Hall–Kier alpha value is -3.25. The van der Waals surface area contributed by atoms with E-state index in [0.29, 0.717) is 33.2 Å². The van der Waals surface area contributed by atoms with Crippen LogP contribution in [-0.4, -0.2) is 20.7 Å². The van der Waals surface area contributed by atoms with Gasteiger partial charge in [0.05, 0.1) is 21.8 Å². The maximum Gasteiger partial charge on any atom is 0.258 e. The zero-order valence-corrected chi connectivity index (χ0v) is 15.0. The van der Waals surface area contributed by atoms with Crippen LogP contribution in [-0.2, 0) is 7.05 Å². The van der Waals surface area contributed by atoms with Crippen molar-refractivity contribution in [3.8, 4) is 11.3 Å². The highest BCUT2D eigenvalue weighted by Gasteiger charge is 2.15. The van der Waals surface area contributed by atoms with Gasteiger partial charge in [0.15, 0.2) is 0 Å². The summed E-state index contributed by atoms with van der Waals surface area (Å²) in [6, 6.07) is 14.8. The van der Waals surface area contributed by atoms with Crippen LogP contribution in [0.25, 0.3) is 22.2 Å². The average Bonchev–Trinajstić information content (AvgIpc) is 3.01. The summed E-state index contributed by atoms with van der Waals surface area (Å²) < 4.78 is 15.0. The molecule has 5 nitrogen and oxygen atoms in total. The van der Waals surface area contributed by atoms with E-state index in [2.05, 4.69) is 15.4 Å². The molecule has 134 valence electrons. The summed E-state index contributed by atoms with van der Waals surface area (Å²) in [5.74, 6) is -0.253. The van der Waals surface area contributed by atoms with Crippen molar-refractivity contribution in [3.63, 3.8) is 0 Å². The Morgan fingerprint density at radius 1 is 1.15 bits per heavy atom. The van der Waals surface area contributed by atoms with Crippen molar-refractivity contribution in [2.75, 3.05) is 5.32 Å². The highest BCUT2D eigenvalue weighted by molar-refractivity contribution is 6.35. The number of carbonyl (C=O) groups excluding carboxylic acids is 1. The van der Waals surface area contributed by atoms with Gasteiger partial charge in [0.2, 0.25) is 0 Å². The molecular formula is C20H14ClFN4O. The van der Waals surface area contributed by atoms with Crippen LogP contribution in [0.4, 0.5) is 10.2 Å². The summed E-state index contributed by atoms with van der Waals surface area (Å²) >= 11 is 6.27. The molecule has 0 spiro atoms. The van der Waals surface area contributed by atoms with E-state index >= 15 is 0 Å². The number of rotatable bonds is 3. The standard InChI is InChI=1S/C20H14ClFN4O/c1-26-19(11-18(25-26)12-4-2-6-14(22)8-12)24-20(27)15-10-17-13(9-16(15)21)5-3-7-23-17/h2-11H,1H3,(H,24,27). The molecule has 2 aromatic heterocycles. The number of benzene rings is 2. The maximum absolute atomic E-state index is 13.4. The second-order valence-electron chi connectivity index (χ2n) is 6.03. The number of carbonyl (C=O) groups is 1. The van der Waals surface area contributed by atoms with Crippen LogP contribution >= 0.6 is 11.6 Å². The van der Waals surface area contributed by atoms with Crippen molar-refractivity contribution in [2.45, 2.75) is 0 Å². The third-order valence-electron chi connectivity index (χ3n) is 4.18. The van der Waals surface area contributed by atoms with Crippen molar-refractivity contribution >= 4 is 34.2 Å². The molecule has 4 rings (SSSR count). The minimum absolute atomic E-state index is 0.316. The highest BCUT2D eigenvalue weighted by Crippen LogP contribution is 2.25. The van der Waals surface area contributed by atoms with Crippen LogP contribution < -0.4 is 5.32 Å². The van der Waals surface area contributed by atoms with Crippen LogP contribution in [0.2, 0.25) is 5.02 Å². The lowest BCUT2D eigenvalue weighted by Crippen LogP contribution is -2.15. The van der Waals surface area contributed by atoms with E-state index in [1.54, 1.807) is 43.6 Å². The lowest BCUT2D eigenvalue weighted by molar-refractivity contribution is 0.102. The predicted molar refractivity (Wildman–Crippen MR) is 103 cm³/mol. The molecule has 0 radical (unpaired) electrons. The van der Waals surface area contributed by atoms with E-state index in [1.807, 2.05) is 12.1 Å². The summed E-state index contributed by atoms with van der Waals surface area (Å²) in [5.41, 5.74) is 2.17. The van der Waals surface area contributed by atoms with Crippen LogP contribution in [0.15, 0.2) is 60.8 Å². The van der Waals surface area contributed by atoms with Crippen LogP contribution in [0.5, 0.6) is 0 Å². The monoisotopic (exact) mass is 380 g/mol. The largest absolute Gasteiger partial charge is 0.307 e. The molecule has 0 bridgehead atoms. The first-order valence-electron chi connectivity index (χ1n) is 8.17. The highest BCUT2D eigenvalue weighted by atomic mass is 35.5. The van der Waals surface area contributed by atoms with E-state index in [9.17, 15) is 9.18 Å². The van der Waals surface area contributed by atoms with E-state index in [0.717, 1.165) is 5.39 Å². The Morgan fingerprint density at radius 3 is 2.81 bits per heavy atom. The van der Waals surface area contributed by atoms with Gasteiger partial charge in [-0.1, -0.05) is 29.8 Å². The molecule has 1 N–H and O–H groups in total. The zero-order chi connectivity index (χ0) is 19.0. The van der Waals surface area contributed by atoms with Gasteiger partial charge in [-0.2, -0.15) is 5.10 Å². The van der Waals surface area contributed by atoms with E-state index in [1.165, 1.54) is 16.8 Å². The second-order valence-corrected chi connectivity index (χ2v) is 6.44. The minimum atomic E-state index is -0.374. The van der Waals surface area contributed by atoms with Gasteiger partial charge in [-0.15, -0.1) is 0 Å². The third-order valence-corrected chi connectivity index (χ3v) is 4.49. The first-order valence-corrected chi connectivity index (χ1v) is 8.55. The fourth-order valence-electron chi connectivity index (χ4n) is 2.82. The molecule has 1 amide bonds. The fourth-order valence-corrected chi connectivity index (χ4v) is 3.08. The minimum Gasteiger partial charge on any atom is -0.307 e. The van der Waals surface area contributed by atoms with Gasteiger partial charge in [-0.3, -0.25) is 14.5 Å². The van der Waals surface area contributed by atoms with Crippen LogP contribution in [0, 0.1) is 5.82 Å². The number of aryl methyl sites for hydroxylation is 1. The van der Waals surface area contributed by atoms with Gasteiger partial charge in [0.25, 0.3) is 5.91 Å². The molecule has 0 unspecified atom stereocenters. The number of pyridine rings is 1. The molecule has 0 saturated heterocycles. The Bertz CT molecular complexity index is 1170. The maximum atomic E-state index is 13.4. The topological polar surface area (TPSA) is 59.8 Å². The normalized spacial score (nSPS) is 10.9. The van der Waals surface area contributed by atoms with Crippen molar-refractivity contribution < 1.29 is 9.18 Å². The molecular weight excluding hydrogens is 367 g/mol. The first-order chi connectivity index (χ1) is 13.0. The molecule has 2 aromatic carbocycles. The molecule has 7 heteroatoms. The summed E-state index contributed by atoms with van der Waals surface area (Å²) in [7, 11) is 1.70. The number of hydrogen-bond donors (Lipinski definition) is 1. The van der Waals surface area contributed by atoms with Gasteiger partial charge < -0.3 is 5.32 Å². The SMILES string of the molecule is Cn1nc(-c2cccc(F)c2)cc1NC(=O)c1cc2ncccc2cc1Cl. The van der Waals surface area contributed by atoms with Crippen LogP contribution in [0.1, 0.15) is 10.4 Å². The molecule has 2 heterocycles. The Morgan fingerprint density at radius 2 is 2.00 bits per heavy atom. The molecule has 0 aliphatic rings. The average molecular weight is 381 g/mol. The van der Waals surface area contributed by atoms with Crippen molar-refractivity contribution in [2.24, 2.45) is 7.05 Å². The lowest BCUT2D eigenvalue weighted by atomic mass is 10.1. The van der Waals surface area contributed by atoms with Crippen LogP contribution in [0.3, 0.4) is 0 Å². The summed E-state index contributed by atoms with van der Waals surface area (Å²) in [5, 5.41) is 8.31. The molecule has 0 aliphatic carbocycles. The van der Waals surface area contributed by atoms with Crippen molar-refractivity contribution in [3.05, 3.63) is 77.2 Å². The predicted octanol–water partition coefficient (Wildman–Crippen LogP) is 4.68. The molecule has 0 atom stereocenters. The Balaban J connectivity index is 1.65. The first kappa shape index (κ1) is 17.2. The van der Waals surface area contributed by atoms with Gasteiger partial charge in [-0.05, 0) is 30.3 Å². The molecule has 27 heavy (non-hydrogen) atoms. The summed E-state index contributed by atoms with van der Waals surface area (Å²) in [4.78, 5) is 17.0. The quantitative estimate of drug-likeness (QED) is 0.561. The van der Waals surface area contributed by atoms with Crippen molar-refractivity contribution in [1.29, 1.82) is 0 Å². The molecule has 0 saturated carbocycles. The molecule has 4 aromatic rings. The number of fused-ring (bicyclic) bond motifs is 1. The number of amides is 1. The van der Waals surface area contributed by atoms with E-state index in [4.69, 9.17) is 11.6 Å². The third kappa shape index (κ3) is 3.39.